The van der Waals surface area contributed by atoms with Crippen molar-refractivity contribution in [2.24, 2.45) is 0 Å². The van der Waals surface area contributed by atoms with Crippen molar-refractivity contribution >= 4 is 12.6 Å². The van der Waals surface area contributed by atoms with E-state index in [1.807, 2.05) is 0 Å². The van der Waals surface area contributed by atoms with Gasteiger partial charge in [0.15, 0.2) is 0 Å². The van der Waals surface area contributed by atoms with Gasteiger partial charge in [-0.25, -0.2) is 0 Å². The molecule has 0 radical (unpaired) electrons. The van der Waals surface area contributed by atoms with E-state index in [9.17, 15) is 0 Å². The van der Waals surface area contributed by atoms with E-state index in [4.69, 9.17) is 4.74 Å². The maximum atomic E-state index is 5.62. The third kappa shape index (κ3) is 1.87. The van der Waals surface area contributed by atoms with Gasteiger partial charge in [-0.3, -0.25) is 0 Å². The van der Waals surface area contributed by atoms with Crippen LogP contribution in [0.2, 0.25) is 0 Å². The molecule has 1 aliphatic heterocycles. The summed E-state index contributed by atoms with van der Waals surface area (Å²) in [5.74, 6) is 0.865. The largest absolute Gasteiger partial charge is 0.371 e. The van der Waals surface area contributed by atoms with Gasteiger partial charge >= 0.3 is 0 Å². The van der Waals surface area contributed by atoms with Gasteiger partial charge in [0.25, 0.3) is 0 Å². The van der Waals surface area contributed by atoms with Crippen LogP contribution in [0.15, 0.2) is 0 Å². The Morgan fingerprint density at radius 1 is 1.67 bits per heavy atom. The lowest BCUT2D eigenvalue weighted by Crippen LogP contribution is -2.20. The molecular weight excluding hydrogens is 132 g/mol. The van der Waals surface area contributed by atoms with Crippen molar-refractivity contribution in [3.8, 4) is 0 Å². The van der Waals surface area contributed by atoms with Crippen LogP contribution in [0.25, 0.3) is 0 Å². The summed E-state index contributed by atoms with van der Waals surface area (Å²) in [6, 6.07) is 0. The molecule has 54 valence electrons. The summed E-state index contributed by atoms with van der Waals surface area (Å²) >= 11 is 4.17. The third-order valence-electron chi connectivity index (χ3n) is 1.76. The second kappa shape index (κ2) is 2.51. The zero-order valence-corrected chi connectivity index (χ0v) is 6.95. The number of thiol groups is 1. The minimum absolute atomic E-state index is 0.118. The van der Waals surface area contributed by atoms with Gasteiger partial charge in [0.05, 0.1) is 11.7 Å². The van der Waals surface area contributed by atoms with Gasteiger partial charge in [-0.1, -0.05) is 0 Å². The van der Waals surface area contributed by atoms with E-state index in [-0.39, 0.29) is 5.60 Å². The average molecular weight is 146 g/mol. The molecule has 1 unspecified atom stereocenters. The minimum Gasteiger partial charge on any atom is -0.371 e. The fourth-order valence-corrected chi connectivity index (χ4v) is 1.46. The summed E-state index contributed by atoms with van der Waals surface area (Å²) in [5.41, 5.74) is 0.118. The van der Waals surface area contributed by atoms with Crippen LogP contribution < -0.4 is 0 Å². The molecule has 0 N–H and O–H groups in total. The summed E-state index contributed by atoms with van der Waals surface area (Å²) in [4.78, 5) is 0. The SMILES string of the molecule is CC1(C)CCC(CS)O1. The molecule has 1 aliphatic rings. The first-order valence-electron chi connectivity index (χ1n) is 3.43. The summed E-state index contributed by atoms with van der Waals surface area (Å²) < 4.78 is 5.62. The molecule has 1 atom stereocenters. The fourth-order valence-electron chi connectivity index (χ4n) is 1.21. The monoisotopic (exact) mass is 146 g/mol. The zero-order chi connectivity index (χ0) is 6.91. The molecule has 0 bridgehead atoms. The average Bonchev–Trinajstić information content (AvgIpc) is 2.10. The van der Waals surface area contributed by atoms with E-state index in [1.54, 1.807) is 0 Å². The first-order valence-corrected chi connectivity index (χ1v) is 4.06. The summed E-state index contributed by atoms with van der Waals surface area (Å²) in [7, 11) is 0. The van der Waals surface area contributed by atoms with Crippen molar-refractivity contribution in [3.05, 3.63) is 0 Å². The molecule has 1 rings (SSSR count). The molecule has 9 heavy (non-hydrogen) atoms. The van der Waals surface area contributed by atoms with Gasteiger partial charge in [0, 0.05) is 5.75 Å². The van der Waals surface area contributed by atoms with E-state index in [2.05, 4.69) is 26.5 Å². The van der Waals surface area contributed by atoms with Crippen LogP contribution in [-0.2, 0) is 4.74 Å². The molecule has 0 aromatic carbocycles. The second-order valence-electron chi connectivity index (χ2n) is 3.22. The highest BCUT2D eigenvalue weighted by atomic mass is 32.1. The van der Waals surface area contributed by atoms with Crippen LogP contribution in [0.3, 0.4) is 0 Å². The Hall–Kier alpha value is 0.310. The molecule has 1 fully saturated rings. The van der Waals surface area contributed by atoms with Crippen molar-refractivity contribution in [3.63, 3.8) is 0 Å². The standard InChI is InChI=1S/C7H14OS/c1-7(2)4-3-6(5-9)8-7/h6,9H,3-5H2,1-2H3. The number of rotatable bonds is 1. The van der Waals surface area contributed by atoms with E-state index >= 15 is 0 Å². The van der Waals surface area contributed by atoms with Crippen molar-refractivity contribution in [1.82, 2.24) is 0 Å². The van der Waals surface area contributed by atoms with E-state index in [0.717, 1.165) is 5.75 Å². The van der Waals surface area contributed by atoms with E-state index in [1.165, 1.54) is 12.8 Å². The third-order valence-corrected chi connectivity index (χ3v) is 2.16. The Labute approximate surface area is 62.2 Å². The van der Waals surface area contributed by atoms with Gasteiger partial charge < -0.3 is 4.74 Å². The fraction of sp³-hybridized carbons (Fsp3) is 1.00. The molecule has 1 heterocycles. The van der Waals surface area contributed by atoms with Gasteiger partial charge in [-0.15, -0.1) is 0 Å². The maximum absolute atomic E-state index is 5.62. The van der Waals surface area contributed by atoms with Crippen molar-refractivity contribution in [2.75, 3.05) is 5.75 Å². The quantitative estimate of drug-likeness (QED) is 0.556. The Kier molecular flexibility index (Phi) is 2.07. The van der Waals surface area contributed by atoms with E-state index in [0.29, 0.717) is 6.10 Å². The molecular formula is C7H14OS. The molecule has 0 amide bonds. The Morgan fingerprint density at radius 2 is 2.33 bits per heavy atom. The highest BCUT2D eigenvalue weighted by molar-refractivity contribution is 7.80. The minimum atomic E-state index is 0.118. The lowest BCUT2D eigenvalue weighted by molar-refractivity contribution is -0.00452. The first-order chi connectivity index (χ1) is 4.14. The van der Waals surface area contributed by atoms with Crippen molar-refractivity contribution in [2.45, 2.75) is 38.4 Å². The van der Waals surface area contributed by atoms with Crippen LogP contribution >= 0.6 is 12.6 Å². The summed E-state index contributed by atoms with van der Waals surface area (Å²) in [6.07, 6.45) is 2.76. The molecule has 1 saturated heterocycles. The normalized spacial score (nSPS) is 33.0. The first kappa shape index (κ1) is 7.42. The molecule has 0 aromatic rings. The van der Waals surface area contributed by atoms with Crippen LogP contribution in [0.4, 0.5) is 0 Å². The number of hydrogen-bond acceptors (Lipinski definition) is 2. The second-order valence-corrected chi connectivity index (χ2v) is 3.59. The van der Waals surface area contributed by atoms with Crippen LogP contribution in [0, 0.1) is 0 Å². The van der Waals surface area contributed by atoms with E-state index < -0.39 is 0 Å². The lowest BCUT2D eigenvalue weighted by atomic mass is 10.1. The van der Waals surface area contributed by atoms with Crippen LogP contribution in [-0.4, -0.2) is 17.5 Å². The summed E-state index contributed by atoms with van der Waals surface area (Å²) in [5, 5.41) is 0. The predicted molar refractivity (Wildman–Crippen MR) is 42.0 cm³/mol. The number of ether oxygens (including phenoxy) is 1. The number of hydrogen-bond donors (Lipinski definition) is 1. The Balaban J connectivity index is 2.38. The predicted octanol–water partition coefficient (Wildman–Crippen LogP) is 1.87. The van der Waals surface area contributed by atoms with Gasteiger partial charge in [-0.2, -0.15) is 12.6 Å². The van der Waals surface area contributed by atoms with Crippen molar-refractivity contribution < 1.29 is 4.74 Å². The van der Waals surface area contributed by atoms with Gasteiger partial charge in [0.2, 0.25) is 0 Å². The topological polar surface area (TPSA) is 9.23 Å². The van der Waals surface area contributed by atoms with Crippen LogP contribution in [0.1, 0.15) is 26.7 Å². The van der Waals surface area contributed by atoms with Crippen molar-refractivity contribution in [1.29, 1.82) is 0 Å². The molecule has 0 saturated carbocycles. The van der Waals surface area contributed by atoms with Crippen LogP contribution in [0.5, 0.6) is 0 Å². The summed E-state index contributed by atoms with van der Waals surface area (Å²) in [6.45, 7) is 4.27. The zero-order valence-electron chi connectivity index (χ0n) is 6.05. The molecule has 1 nitrogen and oxygen atoms in total. The van der Waals surface area contributed by atoms with Gasteiger partial charge in [0.1, 0.15) is 0 Å². The Morgan fingerprint density at radius 3 is 2.56 bits per heavy atom. The molecule has 0 aliphatic carbocycles. The highest BCUT2D eigenvalue weighted by Gasteiger charge is 2.30. The highest BCUT2D eigenvalue weighted by Crippen LogP contribution is 2.29. The van der Waals surface area contributed by atoms with Gasteiger partial charge in [-0.05, 0) is 26.7 Å². The smallest absolute Gasteiger partial charge is 0.0671 e. The molecule has 2 heteroatoms. The lowest BCUT2D eigenvalue weighted by Gasteiger charge is -2.17. The Bertz CT molecular complexity index is 101. The molecule has 0 spiro atoms. The maximum Gasteiger partial charge on any atom is 0.0671 e. The molecule has 0 aromatic heterocycles.